The largest absolute Gasteiger partial charge is 0.344 e. The second-order valence-corrected chi connectivity index (χ2v) is 15.7. The van der Waals surface area contributed by atoms with Crippen LogP contribution in [0.15, 0.2) is 0 Å². The molecule has 1 unspecified atom stereocenters. The van der Waals surface area contributed by atoms with Gasteiger partial charge in [-0.2, -0.15) is 0 Å². The Bertz CT molecular complexity index is 275. The second-order valence-electron chi connectivity index (χ2n) is 6.78. The van der Waals surface area contributed by atoms with Crippen LogP contribution < -0.4 is 0 Å². The minimum atomic E-state index is -2.56. The summed E-state index contributed by atoms with van der Waals surface area (Å²) < 4.78 is 0. The molecule has 4 saturated carbocycles. The first-order valence-corrected chi connectivity index (χ1v) is 12.1. The highest BCUT2D eigenvalue weighted by Gasteiger charge is 2.58. The van der Waals surface area contributed by atoms with E-state index in [0.717, 1.165) is 24.2 Å². The Morgan fingerprint density at radius 1 is 1.00 bits per heavy atom. The second kappa shape index (κ2) is 4.29. The van der Waals surface area contributed by atoms with Gasteiger partial charge in [-0.15, -0.1) is 33.2 Å². The monoisotopic (exact) mass is 310 g/mol. The van der Waals surface area contributed by atoms with Gasteiger partial charge in [0.15, 0.2) is 0 Å². The van der Waals surface area contributed by atoms with E-state index in [2.05, 4.69) is 6.92 Å². The molecule has 4 heteroatoms. The Kier molecular flexibility index (Phi) is 3.31. The molecule has 98 valence electrons. The molecule has 0 aliphatic heterocycles. The molecule has 17 heavy (non-hydrogen) atoms. The molecule has 0 aromatic rings. The molecule has 1 atom stereocenters. The lowest BCUT2D eigenvalue weighted by atomic mass is 9.48. The molecule has 0 nitrogen and oxygen atoms in total. The van der Waals surface area contributed by atoms with Crippen molar-refractivity contribution in [3.8, 4) is 0 Å². The normalized spacial score (nSPS) is 46.2. The predicted octanol–water partition coefficient (Wildman–Crippen LogP) is 5.64. The first-order valence-electron chi connectivity index (χ1n) is 6.99. The van der Waals surface area contributed by atoms with Gasteiger partial charge in [-0.3, -0.25) is 0 Å². The lowest BCUT2D eigenvalue weighted by molar-refractivity contribution is -0.0574. The number of halogens is 3. The van der Waals surface area contributed by atoms with Crippen molar-refractivity contribution < 1.29 is 0 Å². The Hall–Kier alpha value is 1.09. The van der Waals surface area contributed by atoms with Gasteiger partial charge in [-0.25, -0.2) is 0 Å². The Labute approximate surface area is 120 Å². The fourth-order valence-electron chi connectivity index (χ4n) is 5.62. The van der Waals surface area contributed by atoms with Crippen molar-refractivity contribution in [1.82, 2.24) is 0 Å². The molecule has 4 aliphatic carbocycles. The first kappa shape index (κ1) is 13.1. The van der Waals surface area contributed by atoms with Crippen LogP contribution in [-0.2, 0) is 0 Å². The highest BCUT2D eigenvalue weighted by Crippen LogP contribution is 2.67. The van der Waals surface area contributed by atoms with Gasteiger partial charge >= 0.3 is 6.00 Å². The van der Waals surface area contributed by atoms with Crippen LogP contribution in [0.25, 0.3) is 0 Å². The van der Waals surface area contributed by atoms with Gasteiger partial charge in [0.05, 0.1) is 0 Å². The third kappa shape index (κ3) is 2.20. The summed E-state index contributed by atoms with van der Waals surface area (Å²) in [6.07, 6.45) is 9.55. The maximum absolute atomic E-state index is 6.41. The summed E-state index contributed by atoms with van der Waals surface area (Å²) in [5.41, 5.74) is 0.814. The fourth-order valence-corrected chi connectivity index (χ4v) is 10.6. The topological polar surface area (TPSA) is 0 Å². The summed E-state index contributed by atoms with van der Waals surface area (Å²) in [6, 6.07) is -2.56. The summed E-state index contributed by atoms with van der Waals surface area (Å²) >= 11 is 19.2. The average molecular weight is 312 g/mol. The average Bonchev–Trinajstić information content (AvgIpc) is 2.12. The van der Waals surface area contributed by atoms with Gasteiger partial charge < -0.3 is 0 Å². The van der Waals surface area contributed by atoms with E-state index < -0.39 is 6.00 Å². The van der Waals surface area contributed by atoms with Crippen LogP contribution in [0.1, 0.15) is 51.9 Å². The summed E-state index contributed by atoms with van der Waals surface area (Å²) in [7, 11) is 0. The molecular weight excluding hydrogens is 291 g/mol. The number of hydrogen-bond acceptors (Lipinski definition) is 0. The summed E-state index contributed by atoms with van der Waals surface area (Å²) in [4.78, 5) is 0. The van der Waals surface area contributed by atoms with Crippen molar-refractivity contribution in [1.29, 1.82) is 0 Å². The van der Waals surface area contributed by atoms with Crippen LogP contribution in [0.3, 0.4) is 0 Å². The van der Waals surface area contributed by atoms with E-state index in [1.165, 1.54) is 38.5 Å². The fraction of sp³-hybridized carbons (Fsp3) is 1.00. The molecule has 0 aromatic carbocycles. The van der Waals surface area contributed by atoms with E-state index in [1.54, 1.807) is 0 Å². The quantitative estimate of drug-likeness (QED) is 0.467. The van der Waals surface area contributed by atoms with Gasteiger partial charge in [-0.1, -0.05) is 13.3 Å². The van der Waals surface area contributed by atoms with Gasteiger partial charge in [0.25, 0.3) is 0 Å². The van der Waals surface area contributed by atoms with Crippen LogP contribution in [0, 0.1) is 23.2 Å². The van der Waals surface area contributed by atoms with Crippen LogP contribution in [-0.4, -0.2) is 6.00 Å². The zero-order valence-electron chi connectivity index (χ0n) is 10.4. The minimum Gasteiger partial charge on any atom is -0.126 e. The van der Waals surface area contributed by atoms with Crippen LogP contribution in [0.2, 0.25) is 5.54 Å². The van der Waals surface area contributed by atoms with Gasteiger partial charge in [-0.05, 0) is 67.2 Å². The summed E-state index contributed by atoms with van der Waals surface area (Å²) in [5, 5.41) is 0. The van der Waals surface area contributed by atoms with Crippen molar-refractivity contribution in [2.75, 3.05) is 0 Å². The molecule has 0 spiro atoms. The maximum Gasteiger partial charge on any atom is 0.344 e. The molecule has 0 N–H and O–H groups in total. The lowest BCUT2D eigenvalue weighted by Crippen LogP contribution is -2.51. The van der Waals surface area contributed by atoms with Gasteiger partial charge in [0, 0.05) is 0 Å². The zero-order valence-corrected chi connectivity index (χ0v) is 13.7. The van der Waals surface area contributed by atoms with E-state index in [1.807, 2.05) is 0 Å². The van der Waals surface area contributed by atoms with E-state index in [0.29, 0.717) is 11.0 Å². The minimum absolute atomic E-state index is 0.397. The van der Waals surface area contributed by atoms with Crippen molar-refractivity contribution in [3.63, 3.8) is 0 Å². The maximum atomic E-state index is 6.41. The molecule has 0 amide bonds. The molecule has 4 fully saturated rings. The highest BCUT2D eigenvalue weighted by molar-refractivity contribution is 7.65. The molecule has 4 rings (SSSR count). The van der Waals surface area contributed by atoms with E-state index >= 15 is 0 Å². The third-order valence-electron chi connectivity index (χ3n) is 5.63. The van der Waals surface area contributed by atoms with Crippen molar-refractivity contribution >= 4 is 39.2 Å². The van der Waals surface area contributed by atoms with Crippen LogP contribution in [0.4, 0.5) is 0 Å². The number of hydrogen-bond donors (Lipinski definition) is 0. The number of rotatable bonds is 3. The highest BCUT2D eigenvalue weighted by atomic mass is 35.8. The SMILES string of the molecule is CCC(C12CC3CC(CC(C3)C1)C2)[Si](Cl)(Cl)Cl. The van der Waals surface area contributed by atoms with Crippen molar-refractivity contribution in [3.05, 3.63) is 0 Å². The van der Waals surface area contributed by atoms with Gasteiger partial charge in [0.2, 0.25) is 0 Å². The third-order valence-corrected chi connectivity index (χ3v) is 9.81. The van der Waals surface area contributed by atoms with E-state index in [-0.39, 0.29) is 0 Å². The molecule has 4 bridgehead atoms. The van der Waals surface area contributed by atoms with Crippen LogP contribution >= 0.6 is 33.2 Å². The molecule has 0 aromatic heterocycles. The van der Waals surface area contributed by atoms with Gasteiger partial charge in [0.1, 0.15) is 0 Å². The smallest absolute Gasteiger partial charge is 0.126 e. The molecule has 4 aliphatic rings. The van der Waals surface area contributed by atoms with Crippen molar-refractivity contribution in [2.45, 2.75) is 57.4 Å². The molecule has 0 radical (unpaired) electrons. The predicted molar refractivity (Wildman–Crippen MR) is 78.0 cm³/mol. The summed E-state index contributed by atoms with van der Waals surface area (Å²) in [6.45, 7) is 2.22. The Morgan fingerprint density at radius 2 is 1.41 bits per heavy atom. The van der Waals surface area contributed by atoms with E-state index in [9.17, 15) is 0 Å². The van der Waals surface area contributed by atoms with E-state index in [4.69, 9.17) is 33.2 Å². The molecule has 0 heterocycles. The Balaban J connectivity index is 1.90. The lowest BCUT2D eigenvalue weighted by Gasteiger charge is -2.60. The Morgan fingerprint density at radius 3 is 1.71 bits per heavy atom. The standard InChI is InChI=1S/C13H21Cl3Si/c1-2-12(17(14,15)16)13-6-9-3-10(7-13)5-11(4-9)8-13/h9-12H,2-8H2,1H3. The first-order chi connectivity index (χ1) is 7.93. The summed E-state index contributed by atoms with van der Waals surface area (Å²) in [5.74, 6) is 2.87. The van der Waals surface area contributed by atoms with Crippen LogP contribution in [0.5, 0.6) is 0 Å². The molecule has 0 saturated heterocycles. The van der Waals surface area contributed by atoms with Crippen molar-refractivity contribution in [2.24, 2.45) is 23.2 Å². The molecular formula is C13H21Cl3Si. The zero-order chi connectivity index (χ0) is 12.3.